The fourth-order valence-electron chi connectivity index (χ4n) is 0.889. The topological polar surface area (TPSA) is 80.4 Å². The molecular formula is C4H7Br2NO3S. The van der Waals surface area contributed by atoms with Gasteiger partial charge in [0.15, 0.2) is 9.84 Å². The summed E-state index contributed by atoms with van der Waals surface area (Å²) in [5.74, 6) is -0.204. The molecule has 1 aliphatic heterocycles. The molecule has 1 saturated heterocycles. The van der Waals surface area contributed by atoms with Crippen molar-refractivity contribution in [2.45, 2.75) is 14.7 Å². The highest BCUT2D eigenvalue weighted by Gasteiger charge is 2.55. The van der Waals surface area contributed by atoms with E-state index in [1.807, 2.05) is 0 Å². The highest BCUT2D eigenvalue weighted by molar-refractivity contribution is 9.28. The first-order chi connectivity index (χ1) is 4.79. The molecule has 3 N–H and O–H groups in total. The molecule has 1 aliphatic rings. The first-order valence-corrected chi connectivity index (χ1v) is 6.06. The Balaban J connectivity index is 3.12. The van der Waals surface area contributed by atoms with Gasteiger partial charge in [0.05, 0.1) is 5.75 Å². The average molecular weight is 309 g/mol. The molecule has 1 rings (SSSR count). The van der Waals surface area contributed by atoms with Crippen LogP contribution in [-0.4, -0.2) is 34.0 Å². The van der Waals surface area contributed by atoms with E-state index >= 15 is 0 Å². The second kappa shape index (κ2) is 2.66. The van der Waals surface area contributed by atoms with E-state index in [9.17, 15) is 13.5 Å². The predicted molar refractivity (Wildman–Crippen MR) is 48.4 cm³/mol. The van der Waals surface area contributed by atoms with Crippen LogP contribution in [0.25, 0.3) is 0 Å². The van der Waals surface area contributed by atoms with Crippen molar-refractivity contribution in [2.24, 2.45) is 5.73 Å². The molecule has 0 bridgehead atoms. The van der Waals surface area contributed by atoms with Crippen molar-refractivity contribution < 1.29 is 13.5 Å². The van der Waals surface area contributed by atoms with Crippen molar-refractivity contribution in [1.29, 1.82) is 0 Å². The molecule has 0 radical (unpaired) electrons. The van der Waals surface area contributed by atoms with Crippen LogP contribution in [0.15, 0.2) is 0 Å². The van der Waals surface area contributed by atoms with E-state index in [0.29, 0.717) is 0 Å². The van der Waals surface area contributed by atoms with E-state index in [1.165, 1.54) is 0 Å². The summed E-state index contributed by atoms with van der Waals surface area (Å²) >= 11 is 5.74. The summed E-state index contributed by atoms with van der Waals surface area (Å²) in [6.07, 6.45) is -1.10. The molecule has 0 saturated carbocycles. The SMILES string of the molecule is N[C@H]1CS(=O)(=O)C(Br)(Br)[C@@H]1O. The highest BCUT2D eigenvalue weighted by atomic mass is 79.9. The van der Waals surface area contributed by atoms with Gasteiger partial charge >= 0.3 is 0 Å². The van der Waals surface area contributed by atoms with Gasteiger partial charge in [-0.1, -0.05) is 31.9 Å². The van der Waals surface area contributed by atoms with Crippen molar-refractivity contribution in [3.8, 4) is 0 Å². The lowest BCUT2D eigenvalue weighted by Gasteiger charge is -2.17. The Bertz CT molecular complexity index is 263. The standard InChI is InChI=1S/C4H7Br2NO3S/c5-4(6)3(8)2(7)1-11(4,9)10/h2-3,8H,1,7H2/t2-,3+/m0/s1. The van der Waals surface area contributed by atoms with Crippen molar-refractivity contribution >= 4 is 41.7 Å². The molecule has 1 fully saturated rings. The number of sulfone groups is 1. The number of aliphatic hydroxyl groups excluding tert-OH is 1. The van der Waals surface area contributed by atoms with Crippen LogP contribution in [-0.2, 0) is 9.84 Å². The third kappa shape index (κ3) is 1.37. The van der Waals surface area contributed by atoms with Crippen molar-refractivity contribution in [2.75, 3.05) is 5.75 Å². The van der Waals surface area contributed by atoms with E-state index in [0.717, 1.165) is 0 Å². The minimum Gasteiger partial charge on any atom is -0.388 e. The Morgan fingerprint density at radius 1 is 1.55 bits per heavy atom. The zero-order chi connectivity index (χ0) is 8.86. The van der Waals surface area contributed by atoms with E-state index in [1.54, 1.807) is 0 Å². The van der Waals surface area contributed by atoms with Crippen LogP contribution >= 0.6 is 31.9 Å². The van der Waals surface area contributed by atoms with Crippen molar-refractivity contribution in [3.63, 3.8) is 0 Å². The maximum absolute atomic E-state index is 11.2. The Labute approximate surface area is 81.3 Å². The first kappa shape index (κ1) is 9.91. The zero-order valence-electron chi connectivity index (χ0n) is 5.37. The van der Waals surface area contributed by atoms with E-state index < -0.39 is 24.5 Å². The average Bonchev–Trinajstić information content (AvgIpc) is 1.93. The number of aliphatic hydroxyl groups is 1. The third-order valence-electron chi connectivity index (χ3n) is 1.58. The number of hydrogen-bond acceptors (Lipinski definition) is 4. The van der Waals surface area contributed by atoms with E-state index in [2.05, 4.69) is 31.9 Å². The number of hydrogen-bond donors (Lipinski definition) is 2. The predicted octanol–water partition coefficient (Wildman–Crippen LogP) is -0.453. The summed E-state index contributed by atoms with van der Waals surface area (Å²) < 4.78 is 20.9. The quantitative estimate of drug-likeness (QED) is 0.594. The molecule has 66 valence electrons. The van der Waals surface area contributed by atoms with Gasteiger partial charge in [-0.25, -0.2) is 8.42 Å². The molecule has 0 aromatic heterocycles. The summed E-state index contributed by atoms with van der Waals surface area (Å²) in [6.45, 7) is 0. The number of halogens is 2. The number of alkyl halides is 2. The van der Waals surface area contributed by atoms with Crippen LogP contribution in [0, 0.1) is 0 Å². The lowest BCUT2D eigenvalue weighted by Crippen LogP contribution is -2.38. The van der Waals surface area contributed by atoms with Crippen LogP contribution in [0.3, 0.4) is 0 Å². The molecule has 0 spiro atoms. The lowest BCUT2D eigenvalue weighted by atomic mass is 10.2. The van der Waals surface area contributed by atoms with Crippen molar-refractivity contribution in [3.05, 3.63) is 0 Å². The molecule has 0 aromatic rings. The minimum absolute atomic E-state index is 0.204. The Morgan fingerprint density at radius 3 is 2.09 bits per heavy atom. The Kier molecular flexibility index (Phi) is 2.40. The molecule has 0 aromatic carbocycles. The van der Waals surface area contributed by atoms with Crippen LogP contribution in [0.2, 0.25) is 0 Å². The maximum atomic E-state index is 11.2. The maximum Gasteiger partial charge on any atom is 0.208 e. The zero-order valence-corrected chi connectivity index (χ0v) is 9.36. The molecule has 0 amide bonds. The number of nitrogens with two attached hydrogens (primary N) is 1. The largest absolute Gasteiger partial charge is 0.388 e. The molecule has 2 atom stereocenters. The normalized spacial score (nSPS) is 40.7. The van der Waals surface area contributed by atoms with Crippen LogP contribution < -0.4 is 5.73 Å². The van der Waals surface area contributed by atoms with Gasteiger partial charge < -0.3 is 10.8 Å². The summed E-state index contributed by atoms with van der Waals surface area (Å²) in [4.78, 5) is 0. The smallest absolute Gasteiger partial charge is 0.208 e. The van der Waals surface area contributed by atoms with Gasteiger partial charge in [0, 0.05) is 6.04 Å². The summed E-state index contributed by atoms with van der Waals surface area (Å²) in [7, 11) is -3.36. The van der Waals surface area contributed by atoms with Crippen molar-refractivity contribution in [1.82, 2.24) is 0 Å². The van der Waals surface area contributed by atoms with Gasteiger partial charge in [-0.2, -0.15) is 0 Å². The van der Waals surface area contributed by atoms with E-state index in [-0.39, 0.29) is 5.75 Å². The Morgan fingerprint density at radius 2 is 2.00 bits per heavy atom. The van der Waals surface area contributed by atoms with Gasteiger partial charge in [-0.05, 0) is 0 Å². The summed E-state index contributed by atoms with van der Waals surface area (Å²) in [6, 6.07) is -0.723. The molecule has 0 aliphatic carbocycles. The fraction of sp³-hybridized carbons (Fsp3) is 1.00. The molecule has 7 heteroatoms. The first-order valence-electron chi connectivity index (χ1n) is 2.83. The summed E-state index contributed by atoms with van der Waals surface area (Å²) in [5, 5.41) is 9.26. The Hall–Kier alpha value is 0.830. The molecule has 11 heavy (non-hydrogen) atoms. The van der Waals surface area contributed by atoms with Gasteiger partial charge in [0.25, 0.3) is 0 Å². The molecule has 0 unspecified atom stereocenters. The van der Waals surface area contributed by atoms with Crippen LogP contribution in [0.4, 0.5) is 0 Å². The van der Waals surface area contributed by atoms with Gasteiger partial charge in [0.2, 0.25) is 2.57 Å². The van der Waals surface area contributed by atoms with Crippen LogP contribution in [0.1, 0.15) is 0 Å². The molecule has 1 heterocycles. The fourth-order valence-corrected chi connectivity index (χ4v) is 3.81. The van der Waals surface area contributed by atoms with Gasteiger partial charge in [0.1, 0.15) is 6.10 Å². The summed E-state index contributed by atoms with van der Waals surface area (Å²) in [5.41, 5.74) is 5.34. The van der Waals surface area contributed by atoms with Crippen LogP contribution in [0.5, 0.6) is 0 Å². The monoisotopic (exact) mass is 307 g/mol. The second-order valence-electron chi connectivity index (χ2n) is 2.45. The second-order valence-corrected chi connectivity index (χ2v) is 9.27. The highest BCUT2D eigenvalue weighted by Crippen LogP contribution is 2.43. The molecule has 4 nitrogen and oxygen atoms in total. The van der Waals surface area contributed by atoms with Gasteiger partial charge in [-0.15, -0.1) is 0 Å². The lowest BCUT2D eigenvalue weighted by molar-refractivity contribution is 0.172. The van der Waals surface area contributed by atoms with E-state index in [4.69, 9.17) is 5.73 Å². The van der Waals surface area contributed by atoms with Gasteiger partial charge in [-0.3, -0.25) is 0 Å². The number of rotatable bonds is 0. The minimum atomic E-state index is -3.36. The third-order valence-corrected chi connectivity index (χ3v) is 7.37. The molecular weight excluding hydrogens is 302 g/mol.